The number of benzene rings is 2. The van der Waals surface area contributed by atoms with Crippen LogP contribution < -0.4 is 10.1 Å². The summed E-state index contributed by atoms with van der Waals surface area (Å²) in [6.45, 7) is 2.17. The van der Waals surface area contributed by atoms with Crippen LogP contribution in [0.25, 0.3) is 0 Å². The van der Waals surface area contributed by atoms with Gasteiger partial charge in [-0.3, -0.25) is 14.9 Å². The number of hydrogen-bond acceptors (Lipinski definition) is 4. The molecule has 0 spiro atoms. The van der Waals surface area contributed by atoms with Gasteiger partial charge in [-0.25, -0.2) is 0 Å². The van der Waals surface area contributed by atoms with Crippen LogP contribution in [0.15, 0.2) is 42.5 Å². The van der Waals surface area contributed by atoms with Crippen LogP contribution in [0.1, 0.15) is 17.3 Å². The minimum atomic E-state index is -0.573. The van der Waals surface area contributed by atoms with Crippen molar-refractivity contribution in [3.63, 3.8) is 0 Å². The molecule has 0 aliphatic carbocycles. The van der Waals surface area contributed by atoms with Gasteiger partial charge in [0.25, 0.3) is 11.6 Å². The zero-order valence-electron chi connectivity index (χ0n) is 11.7. The van der Waals surface area contributed by atoms with Gasteiger partial charge in [0.2, 0.25) is 0 Å². The van der Waals surface area contributed by atoms with E-state index in [-0.39, 0.29) is 11.4 Å². The Morgan fingerprint density at radius 2 is 2.09 bits per heavy atom. The second-order valence-corrected chi connectivity index (χ2v) is 4.77. The highest BCUT2D eigenvalue weighted by Gasteiger charge is 2.18. The molecular formula is C15H13ClN2O4. The first-order valence-electron chi connectivity index (χ1n) is 6.49. The lowest BCUT2D eigenvalue weighted by Gasteiger charge is -2.08. The van der Waals surface area contributed by atoms with Crippen LogP contribution in [0.5, 0.6) is 5.75 Å². The molecule has 0 heterocycles. The van der Waals surface area contributed by atoms with Gasteiger partial charge in [-0.05, 0) is 37.3 Å². The van der Waals surface area contributed by atoms with Gasteiger partial charge in [0.05, 0.1) is 17.6 Å². The van der Waals surface area contributed by atoms with E-state index >= 15 is 0 Å². The Kier molecular flexibility index (Phi) is 4.95. The molecule has 0 saturated heterocycles. The molecule has 1 N–H and O–H groups in total. The highest BCUT2D eigenvalue weighted by atomic mass is 35.5. The number of hydrogen-bond donors (Lipinski definition) is 1. The van der Waals surface area contributed by atoms with Gasteiger partial charge in [-0.2, -0.15) is 0 Å². The molecule has 7 heteroatoms. The summed E-state index contributed by atoms with van der Waals surface area (Å²) in [5.41, 5.74) is 0.176. The van der Waals surface area contributed by atoms with E-state index in [4.69, 9.17) is 16.3 Å². The van der Waals surface area contributed by atoms with Crippen LogP contribution in [0.2, 0.25) is 5.02 Å². The van der Waals surface area contributed by atoms with Crippen LogP contribution >= 0.6 is 11.6 Å². The molecule has 2 aromatic carbocycles. The van der Waals surface area contributed by atoms with Gasteiger partial charge < -0.3 is 10.1 Å². The van der Waals surface area contributed by atoms with Crippen molar-refractivity contribution in [1.82, 2.24) is 0 Å². The van der Waals surface area contributed by atoms with Crippen molar-refractivity contribution in [3.8, 4) is 5.75 Å². The number of carbonyl (C=O) groups is 1. The Bertz CT molecular complexity index is 718. The summed E-state index contributed by atoms with van der Waals surface area (Å²) in [5, 5.41) is 14.0. The lowest BCUT2D eigenvalue weighted by molar-refractivity contribution is -0.384. The Morgan fingerprint density at radius 1 is 1.32 bits per heavy atom. The van der Waals surface area contributed by atoms with E-state index < -0.39 is 10.8 Å². The number of amides is 1. The molecule has 1 amide bonds. The molecule has 2 aromatic rings. The largest absolute Gasteiger partial charge is 0.494 e. The number of nitrogens with zero attached hydrogens (tertiary/aromatic N) is 1. The summed E-state index contributed by atoms with van der Waals surface area (Å²) in [6, 6.07) is 10.6. The molecule has 0 unspecified atom stereocenters. The van der Waals surface area contributed by atoms with Gasteiger partial charge in [-0.15, -0.1) is 0 Å². The highest BCUT2D eigenvalue weighted by molar-refractivity contribution is 6.31. The molecule has 6 nitrogen and oxygen atoms in total. The summed E-state index contributed by atoms with van der Waals surface area (Å²) in [4.78, 5) is 22.7. The molecule has 0 fully saturated rings. The maximum absolute atomic E-state index is 12.1. The third kappa shape index (κ3) is 3.73. The standard InChI is InChI=1S/C15H13ClN2O4/c1-2-22-12-6-7-13(14(9-12)18(20)21)17-15(19)10-4-3-5-11(16)8-10/h3-9H,2H2,1H3,(H,17,19). The number of nitro groups is 1. The minimum absolute atomic E-state index is 0.0958. The van der Waals surface area contributed by atoms with Crippen molar-refractivity contribution in [3.05, 3.63) is 63.2 Å². The Balaban J connectivity index is 2.28. The average Bonchev–Trinajstić information content (AvgIpc) is 2.48. The molecule has 0 radical (unpaired) electrons. The van der Waals surface area contributed by atoms with E-state index in [1.165, 1.54) is 18.2 Å². The summed E-state index contributed by atoms with van der Waals surface area (Å²) < 4.78 is 5.22. The quantitative estimate of drug-likeness (QED) is 0.669. The average molecular weight is 321 g/mol. The maximum atomic E-state index is 12.1. The zero-order chi connectivity index (χ0) is 16.1. The number of nitro benzene ring substituents is 1. The molecule has 2 rings (SSSR count). The number of anilines is 1. The van der Waals surface area contributed by atoms with Crippen molar-refractivity contribution in [1.29, 1.82) is 0 Å². The molecular weight excluding hydrogens is 308 g/mol. The van der Waals surface area contributed by atoms with Gasteiger partial charge in [0, 0.05) is 10.6 Å². The fourth-order valence-electron chi connectivity index (χ4n) is 1.85. The van der Waals surface area contributed by atoms with Gasteiger partial charge in [0.15, 0.2) is 0 Å². The molecule has 22 heavy (non-hydrogen) atoms. The smallest absolute Gasteiger partial charge is 0.296 e. The topological polar surface area (TPSA) is 81.5 Å². The third-order valence-electron chi connectivity index (χ3n) is 2.81. The predicted octanol–water partition coefficient (Wildman–Crippen LogP) is 3.90. The highest BCUT2D eigenvalue weighted by Crippen LogP contribution is 2.29. The van der Waals surface area contributed by atoms with Crippen molar-refractivity contribution in [2.24, 2.45) is 0 Å². The first kappa shape index (κ1) is 15.8. The van der Waals surface area contributed by atoms with Crippen molar-refractivity contribution in [2.45, 2.75) is 6.92 Å². The number of rotatable bonds is 5. The van der Waals surface area contributed by atoms with E-state index in [9.17, 15) is 14.9 Å². The summed E-state index contributed by atoms with van der Waals surface area (Å²) in [6.07, 6.45) is 0. The third-order valence-corrected chi connectivity index (χ3v) is 3.05. The first-order valence-corrected chi connectivity index (χ1v) is 6.87. The van der Waals surface area contributed by atoms with Crippen LogP contribution in [-0.4, -0.2) is 17.4 Å². The molecule has 0 aliphatic heterocycles. The van der Waals surface area contributed by atoms with E-state index in [2.05, 4.69) is 5.32 Å². The van der Waals surface area contributed by atoms with Crippen LogP contribution in [0.3, 0.4) is 0 Å². The SMILES string of the molecule is CCOc1ccc(NC(=O)c2cccc(Cl)c2)c([N+](=O)[O-])c1. The number of ether oxygens (including phenoxy) is 1. The maximum Gasteiger partial charge on any atom is 0.296 e. The van der Waals surface area contributed by atoms with E-state index in [0.29, 0.717) is 22.9 Å². The fraction of sp³-hybridized carbons (Fsp3) is 0.133. The van der Waals surface area contributed by atoms with E-state index in [1.807, 2.05) is 0 Å². The Labute approximate surface area is 131 Å². The second-order valence-electron chi connectivity index (χ2n) is 4.33. The minimum Gasteiger partial charge on any atom is -0.494 e. The van der Waals surface area contributed by atoms with E-state index in [1.54, 1.807) is 31.2 Å². The molecule has 0 aromatic heterocycles. The number of nitrogens with one attached hydrogen (secondary N) is 1. The predicted molar refractivity (Wildman–Crippen MR) is 83.7 cm³/mol. The first-order chi connectivity index (χ1) is 10.5. The van der Waals surface area contributed by atoms with E-state index in [0.717, 1.165) is 0 Å². The van der Waals surface area contributed by atoms with Crippen molar-refractivity contribution in [2.75, 3.05) is 11.9 Å². The van der Waals surface area contributed by atoms with Gasteiger partial charge in [-0.1, -0.05) is 17.7 Å². The summed E-state index contributed by atoms with van der Waals surface area (Å²) in [5.74, 6) is -0.107. The van der Waals surface area contributed by atoms with Crippen molar-refractivity contribution < 1.29 is 14.5 Å². The van der Waals surface area contributed by atoms with Crippen LogP contribution in [0.4, 0.5) is 11.4 Å². The Morgan fingerprint density at radius 3 is 2.73 bits per heavy atom. The monoisotopic (exact) mass is 320 g/mol. The molecule has 0 atom stereocenters. The molecule has 0 aliphatic rings. The van der Waals surface area contributed by atoms with Crippen LogP contribution in [-0.2, 0) is 0 Å². The second kappa shape index (κ2) is 6.91. The van der Waals surface area contributed by atoms with Gasteiger partial charge in [0.1, 0.15) is 11.4 Å². The molecule has 0 saturated carbocycles. The lowest BCUT2D eigenvalue weighted by atomic mass is 10.2. The van der Waals surface area contributed by atoms with Crippen molar-refractivity contribution >= 4 is 28.9 Å². The van der Waals surface area contributed by atoms with Gasteiger partial charge >= 0.3 is 0 Å². The molecule has 114 valence electrons. The lowest BCUT2D eigenvalue weighted by Crippen LogP contribution is -2.13. The zero-order valence-corrected chi connectivity index (χ0v) is 12.5. The van der Waals surface area contributed by atoms with Crippen LogP contribution in [0, 0.1) is 10.1 Å². The number of carbonyl (C=O) groups excluding carboxylic acids is 1. The number of halogens is 1. The summed E-state index contributed by atoms with van der Waals surface area (Å²) in [7, 11) is 0. The fourth-order valence-corrected chi connectivity index (χ4v) is 2.04. The Hall–Kier alpha value is -2.60. The normalized spacial score (nSPS) is 10.1. The molecule has 0 bridgehead atoms. The summed E-state index contributed by atoms with van der Waals surface area (Å²) >= 11 is 5.82.